The van der Waals surface area contributed by atoms with E-state index in [1.165, 1.54) is 4.90 Å². The molecule has 2 atom stereocenters. The lowest BCUT2D eigenvalue weighted by Crippen LogP contribution is -2.57. The number of likely N-dealkylation sites (N-methyl/N-ethyl adjacent to an activating group) is 1. The molecule has 0 saturated carbocycles. The number of alkyl carbamates (subject to hydrolysis) is 1. The van der Waals surface area contributed by atoms with E-state index < -0.39 is 30.1 Å². The molecule has 1 saturated heterocycles. The lowest BCUT2D eigenvalue weighted by atomic mass is 9.98. The van der Waals surface area contributed by atoms with Crippen molar-refractivity contribution in [3.05, 3.63) is 95.6 Å². The van der Waals surface area contributed by atoms with Gasteiger partial charge in [-0.05, 0) is 47.7 Å². The number of likely N-dealkylation sites (tertiary alicyclic amines) is 1. The molecule has 1 aliphatic heterocycles. The molecule has 5 rings (SSSR count). The van der Waals surface area contributed by atoms with Gasteiger partial charge >= 0.3 is 12.1 Å². The van der Waals surface area contributed by atoms with Crippen LogP contribution in [0.2, 0.25) is 0 Å². The number of hydrogen-bond acceptors (Lipinski definition) is 5. The Labute approximate surface area is 240 Å². The van der Waals surface area contributed by atoms with Crippen molar-refractivity contribution in [2.75, 3.05) is 26.7 Å². The van der Waals surface area contributed by atoms with Crippen LogP contribution in [0.3, 0.4) is 0 Å². The van der Waals surface area contributed by atoms with Crippen molar-refractivity contribution >= 4 is 18.0 Å². The second-order valence-electron chi connectivity index (χ2n) is 10.9. The van der Waals surface area contributed by atoms with E-state index in [4.69, 9.17) is 4.74 Å². The second kappa shape index (κ2) is 13.0. The molecule has 0 radical (unpaired) electrons. The molecule has 3 aromatic rings. The summed E-state index contributed by atoms with van der Waals surface area (Å²) in [6, 6.07) is 24.2. The average Bonchev–Trinajstić information content (AvgIpc) is 3.10. The maximum Gasteiger partial charge on any atom is 0.407 e. The molecule has 214 valence electrons. The highest BCUT2D eigenvalue weighted by Crippen LogP contribution is 2.44. The minimum Gasteiger partial charge on any atom is -0.480 e. The average molecular weight is 556 g/mol. The number of aliphatic carboxylic acids is 1. The first-order valence-corrected chi connectivity index (χ1v) is 14.3. The van der Waals surface area contributed by atoms with Gasteiger partial charge in [-0.2, -0.15) is 0 Å². The quantitative estimate of drug-likeness (QED) is 0.391. The molecular weight excluding hydrogens is 518 g/mol. The highest BCUT2D eigenvalue weighted by Gasteiger charge is 2.36. The van der Waals surface area contributed by atoms with E-state index in [0.29, 0.717) is 19.5 Å². The Bertz CT molecular complexity index is 1330. The van der Waals surface area contributed by atoms with Gasteiger partial charge in [0.25, 0.3) is 0 Å². The van der Waals surface area contributed by atoms with Crippen LogP contribution in [0.4, 0.5) is 4.79 Å². The minimum absolute atomic E-state index is 0.106. The van der Waals surface area contributed by atoms with Crippen LogP contribution in [-0.4, -0.2) is 71.7 Å². The SMILES string of the molecule is CN(Cc1ccccc1)CC(NC(=O)OCC1c2ccccc2-c2ccccc21)C(=O)N1CCCCCC1C(=O)O. The molecule has 2 N–H and O–H groups in total. The van der Waals surface area contributed by atoms with Gasteiger partial charge in [0.1, 0.15) is 18.7 Å². The maximum absolute atomic E-state index is 13.8. The van der Waals surface area contributed by atoms with E-state index in [2.05, 4.69) is 29.6 Å². The van der Waals surface area contributed by atoms with E-state index in [0.717, 1.165) is 47.1 Å². The van der Waals surface area contributed by atoms with Crippen molar-refractivity contribution < 1.29 is 24.2 Å². The van der Waals surface area contributed by atoms with Crippen LogP contribution in [0.5, 0.6) is 0 Å². The molecular formula is C33H37N3O5. The van der Waals surface area contributed by atoms with Gasteiger partial charge in [-0.15, -0.1) is 0 Å². The molecule has 2 aliphatic rings. The Balaban J connectivity index is 1.31. The van der Waals surface area contributed by atoms with Gasteiger partial charge in [0.05, 0.1) is 0 Å². The number of carbonyl (C=O) groups excluding carboxylic acids is 2. The fraction of sp³-hybridized carbons (Fsp3) is 0.364. The zero-order valence-electron chi connectivity index (χ0n) is 23.4. The number of rotatable bonds is 9. The highest BCUT2D eigenvalue weighted by atomic mass is 16.5. The summed E-state index contributed by atoms with van der Waals surface area (Å²) in [7, 11) is 1.88. The Morgan fingerprint density at radius 1 is 0.927 bits per heavy atom. The smallest absolute Gasteiger partial charge is 0.407 e. The number of amides is 2. The van der Waals surface area contributed by atoms with Crippen molar-refractivity contribution in [2.45, 2.75) is 50.2 Å². The molecule has 1 fully saturated rings. The standard InChI is InChI=1S/C33H37N3O5/c1-35(20-23-12-4-2-5-13-23)21-29(31(37)36-19-11-3-6-18-30(36)32(38)39)34-33(40)41-22-28-26-16-9-7-14-24(26)25-15-8-10-17-27(25)28/h2,4-5,7-10,12-17,28-30H,3,6,11,18-22H2,1H3,(H,34,40)(H,38,39). The minimum atomic E-state index is -1.02. The number of carboxylic acid groups (broad SMARTS) is 1. The maximum atomic E-state index is 13.8. The monoisotopic (exact) mass is 555 g/mol. The molecule has 8 nitrogen and oxygen atoms in total. The molecule has 2 amide bonds. The molecule has 41 heavy (non-hydrogen) atoms. The van der Waals surface area contributed by atoms with Gasteiger partial charge in [0, 0.05) is 25.6 Å². The van der Waals surface area contributed by atoms with Crippen LogP contribution in [0.1, 0.15) is 48.3 Å². The fourth-order valence-corrected chi connectivity index (χ4v) is 6.07. The highest BCUT2D eigenvalue weighted by molar-refractivity contribution is 5.89. The Morgan fingerprint density at radius 2 is 1.56 bits per heavy atom. The summed E-state index contributed by atoms with van der Waals surface area (Å²) in [5, 5.41) is 12.7. The number of carboxylic acids is 1. The number of hydrogen-bond donors (Lipinski definition) is 2. The lowest BCUT2D eigenvalue weighted by molar-refractivity contribution is -0.151. The molecule has 0 aromatic heterocycles. The van der Waals surface area contributed by atoms with Crippen molar-refractivity contribution in [2.24, 2.45) is 0 Å². The summed E-state index contributed by atoms with van der Waals surface area (Å²) in [5.41, 5.74) is 5.54. The molecule has 8 heteroatoms. The van der Waals surface area contributed by atoms with Crippen LogP contribution < -0.4 is 5.32 Å². The summed E-state index contributed by atoms with van der Waals surface area (Å²) in [5.74, 6) is -1.52. The van der Waals surface area contributed by atoms with Crippen LogP contribution in [-0.2, 0) is 20.9 Å². The number of fused-ring (bicyclic) bond motifs is 3. The zero-order valence-corrected chi connectivity index (χ0v) is 23.4. The van der Waals surface area contributed by atoms with Gasteiger partial charge in [0.15, 0.2) is 0 Å². The van der Waals surface area contributed by atoms with Gasteiger partial charge in [-0.25, -0.2) is 9.59 Å². The molecule has 1 heterocycles. The summed E-state index contributed by atoms with van der Waals surface area (Å²) in [6.07, 6.45) is 2.05. The summed E-state index contributed by atoms with van der Waals surface area (Å²) >= 11 is 0. The van der Waals surface area contributed by atoms with Gasteiger partial charge < -0.3 is 20.1 Å². The first-order chi connectivity index (χ1) is 19.9. The summed E-state index contributed by atoms with van der Waals surface area (Å²) in [6.45, 7) is 1.25. The topological polar surface area (TPSA) is 99.2 Å². The molecule has 0 spiro atoms. The first kappa shape index (κ1) is 28.4. The van der Waals surface area contributed by atoms with E-state index in [1.54, 1.807) is 0 Å². The second-order valence-corrected chi connectivity index (χ2v) is 10.9. The third-order valence-electron chi connectivity index (χ3n) is 8.04. The van der Waals surface area contributed by atoms with Crippen LogP contribution in [0.25, 0.3) is 11.1 Å². The Morgan fingerprint density at radius 3 is 2.22 bits per heavy atom. The number of ether oxygens (including phenoxy) is 1. The molecule has 0 bridgehead atoms. The fourth-order valence-electron chi connectivity index (χ4n) is 6.07. The Hall–Kier alpha value is -4.17. The van der Waals surface area contributed by atoms with Gasteiger partial charge in [-0.1, -0.05) is 91.7 Å². The number of nitrogens with one attached hydrogen (secondary N) is 1. The summed E-state index contributed by atoms with van der Waals surface area (Å²) < 4.78 is 5.75. The van der Waals surface area contributed by atoms with Crippen molar-refractivity contribution in [3.8, 4) is 11.1 Å². The predicted molar refractivity (Wildman–Crippen MR) is 156 cm³/mol. The third-order valence-corrected chi connectivity index (χ3v) is 8.04. The first-order valence-electron chi connectivity index (χ1n) is 14.3. The Kier molecular flexibility index (Phi) is 8.99. The van der Waals surface area contributed by atoms with E-state index in [1.807, 2.05) is 66.5 Å². The third kappa shape index (κ3) is 6.60. The van der Waals surface area contributed by atoms with Gasteiger partial charge in [0.2, 0.25) is 5.91 Å². The van der Waals surface area contributed by atoms with Crippen LogP contribution in [0.15, 0.2) is 78.9 Å². The molecule has 3 aromatic carbocycles. The van der Waals surface area contributed by atoms with E-state index in [-0.39, 0.29) is 19.1 Å². The normalized spacial score (nSPS) is 17.3. The summed E-state index contributed by atoms with van der Waals surface area (Å²) in [4.78, 5) is 42.5. The van der Waals surface area contributed by atoms with E-state index in [9.17, 15) is 19.5 Å². The van der Waals surface area contributed by atoms with E-state index >= 15 is 0 Å². The number of carbonyl (C=O) groups is 3. The number of nitrogens with zero attached hydrogens (tertiary/aromatic N) is 2. The largest absolute Gasteiger partial charge is 0.480 e. The zero-order chi connectivity index (χ0) is 28.8. The van der Waals surface area contributed by atoms with Gasteiger partial charge in [-0.3, -0.25) is 9.69 Å². The number of benzene rings is 3. The van der Waals surface area contributed by atoms with Crippen molar-refractivity contribution in [1.82, 2.24) is 15.1 Å². The lowest BCUT2D eigenvalue weighted by Gasteiger charge is -2.32. The van der Waals surface area contributed by atoms with Crippen molar-refractivity contribution in [3.63, 3.8) is 0 Å². The van der Waals surface area contributed by atoms with Crippen LogP contribution >= 0.6 is 0 Å². The van der Waals surface area contributed by atoms with Crippen LogP contribution in [0, 0.1) is 0 Å². The predicted octanol–water partition coefficient (Wildman–Crippen LogP) is 4.88. The van der Waals surface area contributed by atoms with Crippen molar-refractivity contribution in [1.29, 1.82) is 0 Å². The molecule has 2 unspecified atom stereocenters. The molecule has 1 aliphatic carbocycles.